The van der Waals surface area contributed by atoms with Crippen LogP contribution in [0.4, 0.5) is 0 Å². The Hall–Kier alpha value is -3.09. The maximum Gasteiger partial charge on any atom is 0.469 e. The largest absolute Gasteiger partial charge is 0.485 e. The van der Waals surface area contributed by atoms with Gasteiger partial charge in [-0.2, -0.15) is 0 Å². The summed E-state index contributed by atoms with van der Waals surface area (Å²) in [7, 11) is -9.95. The van der Waals surface area contributed by atoms with Crippen LogP contribution in [-0.2, 0) is 24.7 Å². The summed E-state index contributed by atoms with van der Waals surface area (Å²) in [6.45, 7) is -1.14. The Balaban J connectivity index is 1.41. The molecule has 16 heteroatoms. The predicted octanol–water partition coefficient (Wildman–Crippen LogP) is 4.66. The highest BCUT2D eigenvalue weighted by Crippen LogP contribution is 2.43. The summed E-state index contributed by atoms with van der Waals surface area (Å²) < 4.78 is 39.3. The third-order valence-electron chi connectivity index (χ3n) is 7.19. The molecule has 1 aliphatic carbocycles. The highest BCUT2D eigenvalue weighted by molar-refractivity contribution is 7.46. The SMILES string of the molecule is NC(=O)c1cc2cc(Cl)ccc2cc1OCC(=O)c1cn(CC[C@H](COP(=O)(O)O)OP(=O)(O)O)c2cc(C3CC3)ccc12. The Morgan fingerprint density at radius 2 is 1.73 bits per heavy atom. The van der Waals surface area contributed by atoms with Crippen LogP contribution in [0.15, 0.2) is 54.7 Å². The van der Waals surface area contributed by atoms with Crippen LogP contribution in [0.3, 0.4) is 0 Å². The standard InChI is InChI=1S/C28H29ClN2O11P2/c29-20-5-3-18-12-27(23(28(30)33)10-19(18)9-20)40-15-26(32)24-13-31(25-11-17(16-1-2-16)4-6-22(24)25)8-7-21(42-44(37,38)39)14-41-43(34,35)36/h3-6,9-13,16,21H,1-2,7-8,14-15H2,(H2,30,33)(H2,34,35,36)(H2,37,38,39)/t21-/m1/s1. The highest BCUT2D eigenvalue weighted by Gasteiger charge is 2.28. The summed E-state index contributed by atoms with van der Waals surface area (Å²) in [4.78, 5) is 62.3. The third kappa shape index (κ3) is 8.13. The number of carbonyl (C=O) groups is 2. The fraction of sp³-hybridized carbons (Fsp3) is 0.286. The average molecular weight is 667 g/mol. The molecule has 1 aliphatic rings. The molecule has 0 radical (unpaired) electrons. The number of Topliss-reactive ketones (excluding diaryl/α,β-unsaturated/α-hetero) is 1. The second-order valence-corrected chi connectivity index (χ2v) is 13.4. The lowest BCUT2D eigenvalue weighted by molar-refractivity contribution is 0.0661. The van der Waals surface area contributed by atoms with Crippen LogP contribution >= 0.6 is 27.2 Å². The van der Waals surface area contributed by atoms with Gasteiger partial charge in [-0.15, -0.1) is 0 Å². The molecule has 0 bridgehead atoms. The van der Waals surface area contributed by atoms with E-state index in [1.54, 1.807) is 41.1 Å². The summed E-state index contributed by atoms with van der Waals surface area (Å²) in [6, 6.07) is 14.0. The minimum atomic E-state index is -5.02. The van der Waals surface area contributed by atoms with Gasteiger partial charge in [-0.3, -0.25) is 18.6 Å². The van der Waals surface area contributed by atoms with Gasteiger partial charge in [0.25, 0.3) is 5.91 Å². The molecular formula is C28H29ClN2O11P2. The van der Waals surface area contributed by atoms with Gasteiger partial charge >= 0.3 is 15.6 Å². The number of nitrogens with zero attached hydrogens (tertiary/aromatic N) is 1. The Morgan fingerprint density at radius 3 is 2.39 bits per heavy atom. The van der Waals surface area contributed by atoms with E-state index in [4.69, 9.17) is 36.4 Å². The number of amides is 1. The number of halogens is 1. The van der Waals surface area contributed by atoms with Gasteiger partial charge in [-0.05, 0) is 71.8 Å². The van der Waals surface area contributed by atoms with Crippen LogP contribution in [-0.4, -0.2) is 55.1 Å². The molecule has 1 fully saturated rings. The van der Waals surface area contributed by atoms with Crippen molar-refractivity contribution in [3.05, 3.63) is 76.4 Å². The van der Waals surface area contributed by atoms with Crippen molar-refractivity contribution in [3.8, 4) is 5.75 Å². The summed E-state index contributed by atoms with van der Waals surface area (Å²) >= 11 is 6.07. The minimum Gasteiger partial charge on any atom is -0.485 e. The first-order chi connectivity index (χ1) is 20.7. The van der Waals surface area contributed by atoms with E-state index in [9.17, 15) is 28.5 Å². The van der Waals surface area contributed by atoms with Gasteiger partial charge in [0.1, 0.15) is 5.75 Å². The molecule has 4 aromatic rings. The smallest absolute Gasteiger partial charge is 0.469 e. The summed E-state index contributed by atoms with van der Waals surface area (Å²) in [5, 5.41) is 2.48. The highest BCUT2D eigenvalue weighted by atomic mass is 35.5. The molecule has 0 unspecified atom stereocenters. The lowest BCUT2D eigenvalue weighted by atomic mass is 10.0. The first-order valence-electron chi connectivity index (χ1n) is 13.4. The topological polar surface area (TPSA) is 208 Å². The van der Waals surface area contributed by atoms with Crippen molar-refractivity contribution in [2.45, 2.75) is 37.8 Å². The molecule has 0 aliphatic heterocycles. The molecule has 3 aromatic carbocycles. The van der Waals surface area contributed by atoms with Crippen LogP contribution < -0.4 is 10.5 Å². The number of fused-ring (bicyclic) bond motifs is 2. The molecule has 44 heavy (non-hydrogen) atoms. The van der Waals surface area contributed by atoms with Crippen molar-refractivity contribution < 1.29 is 52.1 Å². The van der Waals surface area contributed by atoms with Crippen LogP contribution in [0, 0.1) is 0 Å². The molecule has 1 amide bonds. The Labute approximate surface area is 255 Å². The number of phosphoric acid groups is 2. The average Bonchev–Trinajstić information content (AvgIpc) is 3.73. The monoisotopic (exact) mass is 666 g/mol. The van der Waals surface area contributed by atoms with Crippen molar-refractivity contribution in [2.75, 3.05) is 13.2 Å². The molecule has 234 valence electrons. The number of rotatable bonds is 14. The number of hydrogen-bond donors (Lipinski definition) is 5. The molecule has 1 aromatic heterocycles. The molecule has 0 saturated heterocycles. The maximum absolute atomic E-state index is 13.5. The van der Waals surface area contributed by atoms with Gasteiger partial charge in [0, 0.05) is 34.2 Å². The number of nitrogens with two attached hydrogens (primary N) is 1. The summed E-state index contributed by atoms with van der Waals surface area (Å²) in [5.74, 6) is -0.633. The first-order valence-corrected chi connectivity index (χ1v) is 16.9. The van der Waals surface area contributed by atoms with E-state index >= 15 is 0 Å². The molecule has 1 heterocycles. The van der Waals surface area contributed by atoms with Gasteiger partial charge in [0.2, 0.25) is 5.78 Å². The van der Waals surface area contributed by atoms with Gasteiger partial charge in [0.15, 0.2) is 6.61 Å². The van der Waals surface area contributed by atoms with E-state index < -0.39 is 46.7 Å². The number of primary amides is 1. The number of hydrogen-bond acceptors (Lipinski definition) is 7. The number of ether oxygens (including phenoxy) is 1. The normalized spacial score (nSPS) is 14.7. The zero-order valence-electron chi connectivity index (χ0n) is 23.0. The molecule has 5 rings (SSSR count). The van der Waals surface area contributed by atoms with E-state index in [1.807, 2.05) is 18.2 Å². The molecule has 6 N–H and O–H groups in total. The number of phosphoric ester groups is 2. The van der Waals surface area contributed by atoms with Gasteiger partial charge in [-0.1, -0.05) is 29.8 Å². The third-order valence-corrected chi connectivity index (χ3v) is 8.48. The molecule has 0 spiro atoms. The predicted molar refractivity (Wildman–Crippen MR) is 161 cm³/mol. The number of benzene rings is 3. The fourth-order valence-electron chi connectivity index (χ4n) is 4.99. The number of aromatic nitrogens is 1. The van der Waals surface area contributed by atoms with Crippen molar-refractivity contribution in [1.82, 2.24) is 4.57 Å². The Morgan fingerprint density at radius 1 is 0.977 bits per heavy atom. The molecular weight excluding hydrogens is 638 g/mol. The van der Waals surface area contributed by atoms with Crippen LogP contribution in [0.1, 0.15) is 51.5 Å². The summed E-state index contributed by atoms with van der Waals surface area (Å²) in [6.07, 6.45) is 2.15. The quantitative estimate of drug-likeness (QED) is 0.0923. The second kappa shape index (κ2) is 12.7. The number of carbonyl (C=O) groups excluding carboxylic acids is 2. The van der Waals surface area contributed by atoms with E-state index in [-0.39, 0.29) is 24.3 Å². The van der Waals surface area contributed by atoms with Crippen molar-refractivity contribution in [2.24, 2.45) is 5.73 Å². The number of ketones is 1. The molecule has 1 atom stereocenters. The first kappa shape index (κ1) is 32.3. The van der Waals surface area contributed by atoms with Crippen molar-refractivity contribution in [1.29, 1.82) is 0 Å². The number of aryl methyl sites for hydroxylation is 1. The van der Waals surface area contributed by atoms with Crippen molar-refractivity contribution in [3.63, 3.8) is 0 Å². The van der Waals surface area contributed by atoms with Gasteiger partial charge < -0.3 is 34.6 Å². The van der Waals surface area contributed by atoms with Crippen LogP contribution in [0.25, 0.3) is 21.7 Å². The lowest BCUT2D eigenvalue weighted by Gasteiger charge is -2.19. The van der Waals surface area contributed by atoms with E-state index in [1.165, 1.54) is 0 Å². The van der Waals surface area contributed by atoms with E-state index in [2.05, 4.69) is 4.52 Å². The zero-order valence-corrected chi connectivity index (χ0v) is 25.6. The second-order valence-electron chi connectivity index (χ2n) is 10.5. The molecule has 1 saturated carbocycles. The van der Waals surface area contributed by atoms with Gasteiger partial charge in [0.05, 0.1) is 18.3 Å². The van der Waals surface area contributed by atoms with Crippen LogP contribution in [0.2, 0.25) is 5.02 Å². The Kier molecular flexibility index (Phi) is 9.34. The minimum absolute atomic E-state index is 0.0625. The fourth-order valence-corrected chi connectivity index (χ4v) is 6.09. The maximum atomic E-state index is 13.5. The van der Waals surface area contributed by atoms with E-state index in [0.717, 1.165) is 23.8 Å². The zero-order chi connectivity index (χ0) is 31.8. The van der Waals surface area contributed by atoms with Gasteiger partial charge in [-0.25, -0.2) is 9.13 Å². The van der Waals surface area contributed by atoms with Crippen LogP contribution in [0.5, 0.6) is 5.75 Å². The molecule has 13 nitrogen and oxygen atoms in total. The van der Waals surface area contributed by atoms with Crippen molar-refractivity contribution >= 4 is 60.6 Å². The Bertz CT molecular complexity index is 1840. The lowest BCUT2D eigenvalue weighted by Crippen LogP contribution is -2.20. The van der Waals surface area contributed by atoms with E-state index in [0.29, 0.717) is 32.8 Å². The summed E-state index contributed by atoms with van der Waals surface area (Å²) in [5.41, 5.74) is 7.70.